The Balaban J connectivity index is 0.000000220. The molecule has 2 aliphatic heterocycles. The second kappa shape index (κ2) is 27.4. The van der Waals surface area contributed by atoms with Gasteiger partial charge in [0.15, 0.2) is 23.4 Å². The number of likely N-dealkylation sites (tertiary alicyclic amines) is 2. The predicted molar refractivity (Wildman–Crippen MR) is 284 cm³/mol. The monoisotopic (exact) mass is 1090 g/mol. The van der Waals surface area contributed by atoms with E-state index in [4.69, 9.17) is 46.5 Å². The average Bonchev–Trinajstić information content (AvgIpc) is 4.24. The van der Waals surface area contributed by atoms with Gasteiger partial charge in [-0.05, 0) is 82.9 Å². The Hall–Kier alpha value is -5.64. The molecule has 6 aromatic rings. The van der Waals surface area contributed by atoms with E-state index in [1.54, 1.807) is 47.9 Å². The van der Waals surface area contributed by atoms with Crippen molar-refractivity contribution >= 4 is 84.8 Å². The quantitative estimate of drug-likeness (QED) is 0.0718. The molecule has 2 aromatic heterocycles. The van der Waals surface area contributed by atoms with Crippen LogP contribution in [-0.4, -0.2) is 87.4 Å². The molecule has 2 fully saturated rings. The maximum atomic E-state index is 13.4. The Labute approximate surface area is 440 Å². The third-order valence-corrected chi connectivity index (χ3v) is 13.8. The maximum Gasteiger partial charge on any atom is 0.352 e. The van der Waals surface area contributed by atoms with Gasteiger partial charge in [-0.25, -0.2) is 4.79 Å². The molecule has 17 heteroatoms. The van der Waals surface area contributed by atoms with Gasteiger partial charge in [0.2, 0.25) is 6.10 Å². The van der Waals surface area contributed by atoms with Gasteiger partial charge < -0.3 is 38.2 Å². The van der Waals surface area contributed by atoms with E-state index in [1.807, 2.05) is 76.2 Å². The van der Waals surface area contributed by atoms with E-state index in [9.17, 15) is 24.3 Å². The fourth-order valence-electron chi connectivity index (χ4n) is 8.59. The van der Waals surface area contributed by atoms with Crippen LogP contribution in [0.3, 0.4) is 0 Å². The topological polar surface area (TPSA) is 175 Å². The largest absolute Gasteiger partial charge is 0.506 e. The zero-order chi connectivity index (χ0) is 51.2. The van der Waals surface area contributed by atoms with Crippen molar-refractivity contribution in [1.82, 2.24) is 20.1 Å². The second-order valence-corrected chi connectivity index (χ2v) is 19.2. The molecule has 4 heterocycles. The first kappa shape index (κ1) is 57.3. The number of fused-ring (bicyclic) bond motifs is 2. The molecular weight excluding hydrogens is 1030 g/mol. The fourth-order valence-corrected chi connectivity index (χ4v) is 9.50. The Kier molecular flexibility index (Phi) is 21.8. The van der Waals surface area contributed by atoms with Crippen LogP contribution in [-0.2, 0) is 54.3 Å². The molecule has 2 amide bonds. The fraction of sp³-hybridized carbons (Fsp3) is 0.455. The van der Waals surface area contributed by atoms with Gasteiger partial charge in [0.1, 0.15) is 16.3 Å². The summed E-state index contributed by atoms with van der Waals surface area (Å²) >= 11 is 16.0. The number of carbonyl (C=O) groups excluding carboxylic acids is 4. The number of rotatable bonds is 16. The molecule has 4 aromatic carbocycles. The van der Waals surface area contributed by atoms with Crippen molar-refractivity contribution < 1.29 is 47.5 Å². The van der Waals surface area contributed by atoms with Crippen LogP contribution in [0.15, 0.2) is 81.8 Å². The number of phenols is 1. The number of alkyl halides is 1. The van der Waals surface area contributed by atoms with Crippen molar-refractivity contribution in [2.45, 2.75) is 136 Å². The van der Waals surface area contributed by atoms with Gasteiger partial charge in [0.05, 0.1) is 21.4 Å². The van der Waals surface area contributed by atoms with Crippen molar-refractivity contribution in [3.05, 3.63) is 116 Å². The molecule has 0 spiro atoms. The van der Waals surface area contributed by atoms with Gasteiger partial charge in [-0.15, -0.1) is 0 Å². The van der Waals surface area contributed by atoms with E-state index >= 15 is 0 Å². The van der Waals surface area contributed by atoms with Crippen LogP contribution in [0.25, 0.3) is 21.9 Å². The normalized spacial score (nSPS) is 14.8. The second-order valence-electron chi connectivity index (χ2n) is 17.5. The number of esters is 2. The molecule has 72 heavy (non-hydrogen) atoms. The standard InChI is InChI=1S/C27H31ClN2O5.C15H18BrNO3.C12H14ClNO2.CH4/c1-4-11-19-24-20(22(5-2)29-35-24)16-21(28)25(19)34-23(18-12-7-6-8-13-18)27(32)33-17(3)26(31)30-14-9-10-15-30;1-11(14(18)17-9-5-6-10-17)20-15(19)13(16)12-7-3-2-4-8-12;1-3-5-7-11(15)9(13)6-8-10(4-2)14-16-12(7)8;/h6-8,12-13,16-17,23H,4-5,9-11,14-15H2,1-3H3;2-4,7-8,11,13H,5-6,9-10H2,1H3;6,15H,3-5H2,1-2H3;1H4/t17-,23?;11-,13?;;/m11../s1. The number of carbonyl (C=O) groups is 4. The summed E-state index contributed by atoms with van der Waals surface area (Å²) < 4.78 is 28.2. The molecule has 0 aliphatic carbocycles. The lowest BCUT2D eigenvalue weighted by molar-refractivity contribution is -0.164. The smallest absolute Gasteiger partial charge is 0.352 e. The van der Waals surface area contributed by atoms with E-state index in [-0.39, 0.29) is 25.0 Å². The summed E-state index contributed by atoms with van der Waals surface area (Å²) in [4.78, 5) is 53.2. The first-order valence-electron chi connectivity index (χ1n) is 24.5. The van der Waals surface area contributed by atoms with Crippen LogP contribution in [0.1, 0.15) is 132 Å². The highest BCUT2D eigenvalue weighted by Crippen LogP contribution is 2.41. The van der Waals surface area contributed by atoms with Gasteiger partial charge in [0.25, 0.3) is 11.8 Å². The molecule has 2 saturated heterocycles. The van der Waals surface area contributed by atoms with Crippen molar-refractivity contribution in [2.75, 3.05) is 26.2 Å². The summed E-state index contributed by atoms with van der Waals surface area (Å²) in [5.41, 5.74) is 5.92. The number of amides is 2. The summed E-state index contributed by atoms with van der Waals surface area (Å²) in [6, 6.07) is 21.8. The number of halogens is 3. The average molecular weight is 1090 g/mol. The highest BCUT2D eigenvalue weighted by Gasteiger charge is 2.33. The number of aromatic hydroxyl groups is 1. The highest BCUT2D eigenvalue weighted by molar-refractivity contribution is 9.09. The van der Waals surface area contributed by atoms with Crippen LogP contribution in [0, 0.1) is 0 Å². The molecule has 0 saturated carbocycles. The lowest BCUT2D eigenvalue weighted by atomic mass is 10.0. The first-order chi connectivity index (χ1) is 34.2. The number of nitrogens with zero attached hydrogens (tertiary/aromatic N) is 4. The molecule has 388 valence electrons. The van der Waals surface area contributed by atoms with Crippen LogP contribution in [0.4, 0.5) is 0 Å². The molecule has 1 N–H and O–H groups in total. The number of aryl methyl sites for hydroxylation is 4. The van der Waals surface area contributed by atoms with Gasteiger partial charge in [-0.1, -0.05) is 158 Å². The minimum absolute atomic E-state index is 0. The number of hydrogen-bond acceptors (Lipinski definition) is 12. The third-order valence-electron chi connectivity index (χ3n) is 12.3. The lowest BCUT2D eigenvalue weighted by Crippen LogP contribution is -2.39. The Morgan fingerprint density at radius 1 is 0.667 bits per heavy atom. The highest BCUT2D eigenvalue weighted by atomic mass is 79.9. The molecular formula is C55H67BrCl2N4O10. The number of hydrogen-bond donors (Lipinski definition) is 1. The number of benzene rings is 4. The van der Waals surface area contributed by atoms with Crippen molar-refractivity contribution in [3.63, 3.8) is 0 Å². The van der Waals surface area contributed by atoms with E-state index in [0.717, 1.165) is 103 Å². The maximum absolute atomic E-state index is 13.4. The summed E-state index contributed by atoms with van der Waals surface area (Å²) in [7, 11) is 0. The molecule has 0 bridgehead atoms. The molecule has 14 nitrogen and oxygen atoms in total. The number of aromatic nitrogens is 2. The Morgan fingerprint density at radius 3 is 1.57 bits per heavy atom. The van der Waals surface area contributed by atoms with Gasteiger partial charge >= 0.3 is 11.9 Å². The minimum Gasteiger partial charge on any atom is -0.506 e. The van der Waals surface area contributed by atoms with Gasteiger partial charge in [-0.2, -0.15) is 0 Å². The molecule has 8 rings (SSSR count). The van der Waals surface area contributed by atoms with Crippen molar-refractivity contribution in [2.24, 2.45) is 0 Å². The summed E-state index contributed by atoms with van der Waals surface area (Å²) in [6.07, 6.45) is 5.83. The Morgan fingerprint density at radius 2 is 1.10 bits per heavy atom. The number of ether oxygens (including phenoxy) is 3. The molecule has 0 radical (unpaired) electrons. The van der Waals surface area contributed by atoms with Crippen molar-refractivity contribution in [3.8, 4) is 11.5 Å². The lowest BCUT2D eigenvalue weighted by Gasteiger charge is -2.24. The van der Waals surface area contributed by atoms with E-state index in [0.29, 0.717) is 58.5 Å². The molecule has 2 aliphatic rings. The summed E-state index contributed by atoms with van der Waals surface area (Å²) in [6.45, 7) is 14.2. The molecule has 2 unspecified atom stereocenters. The van der Waals surface area contributed by atoms with Crippen LogP contribution < -0.4 is 4.74 Å². The van der Waals surface area contributed by atoms with Gasteiger partial charge in [0, 0.05) is 53.6 Å². The minimum atomic E-state index is -1.11. The van der Waals surface area contributed by atoms with Gasteiger partial charge in [-0.3, -0.25) is 14.4 Å². The zero-order valence-corrected chi connectivity index (χ0v) is 44.3. The van der Waals surface area contributed by atoms with Crippen molar-refractivity contribution in [1.29, 1.82) is 0 Å². The first-order valence-corrected chi connectivity index (χ1v) is 26.2. The SMILES string of the molecule is C.CCCc1c(O)c(Cl)cc2c(CC)noc12.CCCc1c(OC(C(=O)O[C@H](C)C(=O)N2CCCC2)c2ccccc2)c(Cl)cc2c(CC)noc12.C[C@@H](OC(=O)C(Br)c1ccccc1)C(=O)N1CCCC1. The van der Waals surface area contributed by atoms with Crippen LogP contribution in [0.5, 0.6) is 11.5 Å². The Bertz CT molecular complexity index is 2740. The zero-order valence-electron chi connectivity index (χ0n) is 41.2. The van der Waals surface area contributed by atoms with Crippen LogP contribution >= 0.6 is 39.1 Å². The van der Waals surface area contributed by atoms with Crippen LogP contribution in [0.2, 0.25) is 10.0 Å². The molecule has 4 atom stereocenters. The number of phenolic OH excluding ortho intramolecular Hbond substituents is 1. The van der Waals surface area contributed by atoms with E-state index in [1.165, 1.54) is 0 Å². The summed E-state index contributed by atoms with van der Waals surface area (Å²) in [5, 5.41) is 20.6. The third kappa shape index (κ3) is 13.9. The van der Waals surface area contributed by atoms with E-state index < -0.39 is 35.1 Å². The predicted octanol–water partition coefficient (Wildman–Crippen LogP) is 12.7. The van der Waals surface area contributed by atoms with E-state index in [2.05, 4.69) is 26.2 Å². The summed E-state index contributed by atoms with van der Waals surface area (Å²) in [5.74, 6) is -0.900.